The second kappa shape index (κ2) is 10.9. The van der Waals surface area contributed by atoms with E-state index >= 15 is 0 Å². The van der Waals surface area contributed by atoms with Crippen molar-refractivity contribution >= 4 is 23.5 Å². The molecular formula is C21H30F2N4O3. The molecule has 2 fully saturated rings. The Kier molecular flexibility index (Phi) is 8.56. The van der Waals surface area contributed by atoms with Crippen LogP contribution in [0.25, 0.3) is 0 Å². The molecule has 2 aliphatic rings. The van der Waals surface area contributed by atoms with Gasteiger partial charge < -0.3 is 15.5 Å². The van der Waals surface area contributed by atoms with Crippen molar-refractivity contribution < 1.29 is 23.2 Å². The molecule has 0 radical (unpaired) electrons. The van der Waals surface area contributed by atoms with Gasteiger partial charge in [0.25, 0.3) is 0 Å². The first-order valence-electron chi connectivity index (χ1n) is 10.3. The molecule has 1 saturated heterocycles. The minimum absolute atomic E-state index is 0.0280. The summed E-state index contributed by atoms with van der Waals surface area (Å²) in [4.78, 5) is 38.3. The van der Waals surface area contributed by atoms with Crippen LogP contribution in [0.1, 0.15) is 46.0 Å². The third-order valence-corrected chi connectivity index (χ3v) is 5.02. The van der Waals surface area contributed by atoms with Crippen LogP contribution in [0.5, 0.6) is 0 Å². The zero-order valence-corrected chi connectivity index (χ0v) is 17.5. The van der Waals surface area contributed by atoms with E-state index in [1.807, 2.05) is 17.1 Å². The van der Waals surface area contributed by atoms with Crippen LogP contribution in [0.3, 0.4) is 0 Å². The fourth-order valence-corrected chi connectivity index (χ4v) is 3.19. The van der Waals surface area contributed by atoms with Crippen molar-refractivity contribution in [3.63, 3.8) is 0 Å². The fraction of sp³-hybridized carbons (Fsp3) is 0.571. The highest BCUT2D eigenvalue weighted by molar-refractivity contribution is 5.93. The molecule has 1 unspecified atom stereocenters. The minimum Gasteiger partial charge on any atom is -0.365 e. The molecular weight excluding hydrogens is 394 g/mol. The molecule has 1 aromatic rings. The number of carbonyl (C=O) groups excluding carboxylic acids is 3. The van der Waals surface area contributed by atoms with Crippen molar-refractivity contribution in [2.75, 3.05) is 24.5 Å². The number of imide groups is 1. The van der Waals surface area contributed by atoms with Crippen molar-refractivity contribution in [1.82, 2.24) is 10.2 Å². The zero-order chi connectivity index (χ0) is 22.3. The molecule has 0 bridgehead atoms. The van der Waals surface area contributed by atoms with Gasteiger partial charge in [0.15, 0.2) is 11.6 Å². The van der Waals surface area contributed by atoms with Gasteiger partial charge in [0.05, 0.1) is 0 Å². The summed E-state index contributed by atoms with van der Waals surface area (Å²) in [7, 11) is 0. The molecule has 3 rings (SSSR count). The number of anilines is 1. The second-order valence-electron chi connectivity index (χ2n) is 7.84. The molecule has 1 aliphatic heterocycles. The summed E-state index contributed by atoms with van der Waals surface area (Å²) in [5, 5.41) is 1.97. The smallest absolute Gasteiger partial charge is 0.318 e. The van der Waals surface area contributed by atoms with E-state index in [0.717, 1.165) is 12.1 Å². The summed E-state index contributed by atoms with van der Waals surface area (Å²) in [5.41, 5.74) is 5.45. The van der Waals surface area contributed by atoms with Crippen molar-refractivity contribution in [3.8, 4) is 0 Å². The van der Waals surface area contributed by atoms with Gasteiger partial charge in [0.1, 0.15) is 0 Å². The van der Waals surface area contributed by atoms with E-state index in [4.69, 9.17) is 5.73 Å². The van der Waals surface area contributed by atoms with Gasteiger partial charge in [0.2, 0.25) is 11.8 Å². The first kappa shape index (κ1) is 23.6. The van der Waals surface area contributed by atoms with Crippen molar-refractivity contribution in [2.45, 2.75) is 52.0 Å². The molecule has 3 N–H and O–H groups in total. The van der Waals surface area contributed by atoms with Crippen LogP contribution in [0.4, 0.5) is 19.3 Å². The highest BCUT2D eigenvalue weighted by Gasteiger charge is 2.29. The normalized spacial score (nSPS) is 18.7. The Hall–Kier alpha value is -2.71. The van der Waals surface area contributed by atoms with Gasteiger partial charge in [-0.25, -0.2) is 13.6 Å². The predicted octanol–water partition coefficient (Wildman–Crippen LogP) is 2.78. The van der Waals surface area contributed by atoms with E-state index in [2.05, 4.69) is 0 Å². The van der Waals surface area contributed by atoms with Gasteiger partial charge in [-0.05, 0) is 25.5 Å². The first-order valence-corrected chi connectivity index (χ1v) is 10.3. The summed E-state index contributed by atoms with van der Waals surface area (Å²) in [6, 6.07) is 2.78. The second-order valence-corrected chi connectivity index (χ2v) is 7.84. The van der Waals surface area contributed by atoms with Gasteiger partial charge in [0, 0.05) is 49.8 Å². The van der Waals surface area contributed by atoms with E-state index in [-0.39, 0.29) is 24.3 Å². The van der Waals surface area contributed by atoms with Gasteiger partial charge in [-0.1, -0.05) is 26.2 Å². The van der Waals surface area contributed by atoms with Crippen LogP contribution < -0.4 is 16.0 Å². The van der Waals surface area contributed by atoms with Gasteiger partial charge >= 0.3 is 6.03 Å². The van der Waals surface area contributed by atoms with Crippen LogP contribution in [0, 0.1) is 17.6 Å². The molecule has 7 nitrogen and oxygen atoms in total. The van der Waals surface area contributed by atoms with Gasteiger partial charge in [-0.3, -0.25) is 14.9 Å². The maximum Gasteiger partial charge on any atom is 0.318 e. The van der Waals surface area contributed by atoms with Crippen LogP contribution in [0.15, 0.2) is 18.2 Å². The Morgan fingerprint density at radius 2 is 1.83 bits per heavy atom. The lowest BCUT2D eigenvalue weighted by molar-refractivity contribution is -0.136. The number of urea groups is 1. The maximum absolute atomic E-state index is 13.5. The minimum atomic E-state index is -0.916. The topological polar surface area (TPSA) is 95.7 Å². The molecule has 30 heavy (non-hydrogen) atoms. The quantitative estimate of drug-likeness (QED) is 0.760. The molecule has 1 heterocycles. The van der Waals surface area contributed by atoms with Crippen molar-refractivity contribution in [2.24, 2.45) is 11.7 Å². The zero-order valence-electron chi connectivity index (χ0n) is 17.5. The third-order valence-electron chi connectivity index (χ3n) is 5.02. The molecule has 2 atom stereocenters. The molecule has 0 aromatic heterocycles. The Morgan fingerprint density at radius 1 is 1.17 bits per heavy atom. The molecule has 166 valence electrons. The Labute approximate surface area is 175 Å². The number of nitrogens with two attached hydrogens (primary N) is 1. The molecule has 1 saturated carbocycles. The lowest BCUT2D eigenvalue weighted by atomic mass is 10.0. The Bertz CT molecular complexity index is 770. The number of nitrogens with zero attached hydrogens (tertiary/aromatic N) is 2. The lowest BCUT2D eigenvalue weighted by Crippen LogP contribution is -2.54. The standard InChI is InChI=1S/C18H24F2N4O3.C3H6/c1-11(3-6-16(25)22-18(21)27)17(26)23-7-8-24(12(2)10-23)13-4-5-14(19)15(20)9-13;1-2-3-1/h4-5,9,11-12H,3,6-8,10H2,1-2H3,(H3,21,22,25,27);1-3H2/t11?,12-;/m0./s1. The molecule has 9 heteroatoms. The highest BCUT2D eigenvalue weighted by Crippen LogP contribution is 2.24. The van der Waals surface area contributed by atoms with Crippen LogP contribution >= 0.6 is 0 Å². The monoisotopic (exact) mass is 424 g/mol. The maximum atomic E-state index is 13.5. The summed E-state index contributed by atoms with van der Waals surface area (Å²) in [5.74, 6) is -2.78. The van der Waals surface area contributed by atoms with Crippen LogP contribution in [0.2, 0.25) is 0 Å². The van der Waals surface area contributed by atoms with Crippen LogP contribution in [-0.4, -0.2) is 48.4 Å². The van der Waals surface area contributed by atoms with E-state index in [1.165, 1.54) is 25.3 Å². The SMILES string of the molecule is C1CC1.CC(CCC(=O)NC(N)=O)C(=O)N1CCN(c2ccc(F)c(F)c2)[C@@H](C)C1. The summed E-state index contributed by atoms with van der Waals surface area (Å²) in [6.07, 6.45) is 4.83. The molecule has 4 amide bonds. The summed E-state index contributed by atoms with van der Waals surface area (Å²) >= 11 is 0. The summed E-state index contributed by atoms with van der Waals surface area (Å²) < 4.78 is 26.6. The number of nitrogens with one attached hydrogen (secondary N) is 1. The van der Waals surface area contributed by atoms with Gasteiger partial charge in [-0.15, -0.1) is 0 Å². The average molecular weight is 424 g/mol. The Morgan fingerprint density at radius 3 is 2.37 bits per heavy atom. The average Bonchev–Trinajstić information content (AvgIpc) is 3.56. The molecule has 1 aliphatic carbocycles. The van der Waals surface area contributed by atoms with Crippen molar-refractivity contribution in [3.05, 3.63) is 29.8 Å². The fourth-order valence-electron chi connectivity index (χ4n) is 3.19. The van der Waals surface area contributed by atoms with E-state index in [9.17, 15) is 23.2 Å². The van der Waals surface area contributed by atoms with Crippen LogP contribution in [-0.2, 0) is 9.59 Å². The lowest BCUT2D eigenvalue weighted by Gasteiger charge is -2.42. The summed E-state index contributed by atoms with van der Waals surface area (Å²) in [6.45, 7) is 5.01. The number of amides is 4. The number of rotatable bonds is 5. The number of benzene rings is 1. The van der Waals surface area contributed by atoms with Gasteiger partial charge in [-0.2, -0.15) is 0 Å². The number of carbonyl (C=O) groups is 3. The number of primary amides is 1. The number of piperazine rings is 1. The third kappa shape index (κ3) is 7.27. The Balaban J connectivity index is 0.000000976. The van der Waals surface area contributed by atoms with E-state index in [1.54, 1.807) is 11.8 Å². The van der Waals surface area contributed by atoms with E-state index in [0.29, 0.717) is 31.7 Å². The largest absolute Gasteiger partial charge is 0.365 e. The predicted molar refractivity (Wildman–Crippen MR) is 110 cm³/mol. The number of halogens is 2. The molecule has 0 spiro atoms. The van der Waals surface area contributed by atoms with E-state index < -0.39 is 23.6 Å². The molecule has 1 aromatic carbocycles. The number of hydrogen-bond acceptors (Lipinski definition) is 4. The highest BCUT2D eigenvalue weighted by atomic mass is 19.2. The number of hydrogen-bond donors (Lipinski definition) is 2. The first-order chi connectivity index (χ1) is 14.2. The van der Waals surface area contributed by atoms with Crippen molar-refractivity contribution in [1.29, 1.82) is 0 Å².